The molecule has 24 heavy (non-hydrogen) atoms. The average molecular weight is 316 g/mol. The van der Waals surface area contributed by atoms with E-state index in [2.05, 4.69) is 88.6 Å². The van der Waals surface area contributed by atoms with E-state index in [1.54, 1.807) is 0 Å². The van der Waals surface area contributed by atoms with Gasteiger partial charge in [0.25, 0.3) is 0 Å². The number of nitrogens with zero attached hydrogens (tertiary/aromatic N) is 2. The minimum Gasteiger partial charge on any atom is -0.342 e. The molecule has 2 aliphatic heterocycles. The van der Waals surface area contributed by atoms with Crippen LogP contribution in [-0.2, 0) is 11.4 Å². The van der Waals surface area contributed by atoms with Crippen molar-refractivity contribution in [2.24, 2.45) is 0 Å². The van der Waals surface area contributed by atoms with Crippen LogP contribution in [0.2, 0.25) is 0 Å². The summed E-state index contributed by atoms with van der Waals surface area (Å²) in [4.78, 5) is 6.12. The van der Waals surface area contributed by atoms with Gasteiger partial charge in [-0.1, -0.05) is 60.7 Å². The van der Waals surface area contributed by atoms with Crippen molar-refractivity contribution in [3.63, 3.8) is 0 Å². The Balaban J connectivity index is 1.53. The Bertz CT molecular complexity index is 827. The van der Waals surface area contributed by atoms with E-state index in [1.807, 2.05) is 0 Å². The van der Waals surface area contributed by atoms with Crippen LogP contribution in [0, 0.1) is 0 Å². The van der Waals surface area contributed by atoms with E-state index >= 15 is 0 Å². The number of fused-ring (bicyclic) bond motifs is 3. The molecule has 3 aromatic rings. The van der Waals surface area contributed by atoms with Crippen molar-refractivity contribution in [3.8, 4) is 0 Å². The largest absolute Gasteiger partial charge is 0.342 e. The molecular weight excluding hydrogens is 296 g/mol. The molecule has 5 rings (SSSR count). The fourth-order valence-corrected chi connectivity index (χ4v) is 4.26. The summed E-state index contributed by atoms with van der Waals surface area (Å²) in [7, 11) is 0. The fourth-order valence-electron chi connectivity index (χ4n) is 4.26. The van der Waals surface area contributed by atoms with Gasteiger partial charge in [0.05, 0.1) is 18.7 Å². The van der Waals surface area contributed by atoms with E-state index < -0.39 is 0 Å². The zero-order valence-electron chi connectivity index (χ0n) is 13.5. The molecule has 0 N–H and O–H groups in total. The molecular formula is C21H20N2O. The average Bonchev–Trinajstić information content (AvgIpc) is 3.30. The van der Waals surface area contributed by atoms with Crippen molar-refractivity contribution in [2.45, 2.75) is 24.5 Å². The van der Waals surface area contributed by atoms with Gasteiger partial charge < -0.3 is 4.57 Å². The van der Waals surface area contributed by atoms with Crippen molar-refractivity contribution in [2.75, 3.05) is 6.61 Å². The van der Waals surface area contributed by atoms with E-state index in [4.69, 9.17) is 4.84 Å². The second kappa shape index (κ2) is 5.62. The van der Waals surface area contributed by atoms with Crippen LogP contribution in [0.4, 0.5) is 0 Å². The molecule has 1 saturated heterocycles. The molecule has 0 spiro atoms. The lowest BCUT2D eigenvalue weighted by Gasteiger charge is -2.28. The Morgan fingerprint density at radius 3 is 2.42 bits per heavy atom. The number of benzene rings is 2. The summed E-state index contributed by atoms with van der Waals surface area (Å²) in [5.41, 5.74) is 4.04. The molecule has 120 valence electrons. The molecule has 0 aliphatic carbocycles. The second-order valence-corrected chi connectivity index (χ2v) is 6.65. The van der Waals surface area contributed by atoms with Gasteiger partial charge in [0.2, 0.25) is 0 Å². The first-order valence-electron chi connectivity index (χ1n) is 8.57. The van der Waals surface area contributed by atoms with E-state index in [0.29, 0.717) is 18.0 Å². The first-order chi connectivity index (χ1) is 11.9. The Morgan fingerprint density at radius 1 is 0.875 bits per heavy atom. The van der Waals surface area contributed by atoms with E-state index in [0.717, 1.165) is 13.2 Å². The van der Waals surface area contributed by atoms with E-state index in [-0.39, 0.29) is 0 Å². The van der Waals surface area contributed by atoms with Crippen molar-refractivity contribution < 1.29 is 4.84 Å². The van der Waals surface area contributed by atoms with Crippen LogP contribution in [0.3, 0.4) is 0 Å². The highest BCUT2D eigenvalue weighted by Gasteiger charge is 2.49. The molecule has 3 nitrogen and oxygen atoms in total. The predicted molar refractivity (Wildman–Crippen MR) is 93.5 cm³/mol. The maximum Gasteiger partial charge on any atom is 0.0785 e. The molecule has 0 radical (unpaired) electrons. The summed E-state index contributed by atoms with van der Waals surface area (Å²) in [6.45, 7) is 1.60. The van der Waals surface area contributed by atoms with Gasteiger partial charge >= 0.3 is 0 Å². The van der Waals surface area contributed by atoms with E-state index in [1.165, 1.54) is 16.8 Å². The highest BCUT2D eigenvalue weighted by Crippen LogP contribution is 2.47. The number of aromatic nitrogens is 1. The third kappa shape index (κ3) is 2.13. The van der Waals surface area contributed by atoms with Gasteiger partial charge in [-0.05, 0) is 23.3 Å². The van der Waals surface area contributed by atoms with Crippen molar-refractivity contribution in [3.05, 3.63) is 95.8 Å². The van der Waals surface area contributed by atoms with E-state index in [9.17, 15) is 0 Å². The number of rotatable bonds is 3. The van der Waals surface area contributed by atoms with Crippen LogP contribution < -0.4 is 0 Å². The molecule has 2 aliphatic rings. The number of hydroxylamine groups is 2. The summed E-state index contributed by atoms with van der Waals surface area (Å²) >= 11 is 0. The number of hydrogen-bond acceptors (Lipinski definition) is 2. The zero-order valence-corrected chi connectivity index (χ0v) is 13.5. The van der Waals surface area contributed by atoms with Gasteiger partial charge in [-0.25, -0.2) is 0 Å². The summed E-state index contributed by atoms with van der Waals surface area (Å²) in [5.74, 6) is 0.439. The zero-order chi connectivity index (χ0) is 15.9. The lowest BCUT2D eigenvalue weighted by molar-refractivity contribution is -0.145. The monoisotopic (exact) mass is 316 g/mol. The fraction of sp³-hybridized carbons (Fsp3) is 0.238. The molecule has 1 fully saturated rings. The molecule has 3 heterocycles. The Labute approximate surface area is 142 Å². The summed E-state index contributed by atoms with van der Waals surface area (Å²) < 4.78 is 2.44. The second-order valence-electron chi connectivity index (χ2n) is 6.65. The highest BCUT2D eigenvalue weighted by molar-refractivity contribution is 5.33. The minimum atomic E-state index is 0.312. The summed E-state index contributed by atoms with van der Waals surface area (Å²) in [6.07, 6.45) is 2.21. The maximum atomic E-state index is 6.12. The SMILES string of the molecule is c1ccc(CN2OC[C@@H]3c4cccn4[C@@H](c4ccccc4)[C@@H]32)cc1. The van der Waals surface area contributed by atoms with Gasteiger partial charge in [-0.3, -0.25) is 4.84 Å². The lowest BCUT2D eigenvalue weighted by atomic mass is 9.92. The molecule has 3 atom stereocenters. The quantitative estimate of drug-likeness (QED) is 0.727. The first kappa shape index (κ1) is 14.0. The smallest absolute Gasteiger partial charge is 0.0785 e. The minimum absolute atomic E-state index is 0.312. The van der Waals surface area contributed by atoms with Gasteiger partial charge in [-0.15, -0.1) is 0 Å². The Hall–Kier alpha value is -2.36. The van der Waals surface area contributed by atoms with Crippen molar-refractivity contribution in [1.82, 2.24) is 9.63 Å². The first-order valence-corrected chi connectivity index (χ1v) is 8.57. The van der Waals surface area contributed by atoms with Crippen LogP contribution in [0.15, 0.2) is 79.0 Å². The van der Waals surface area contributed by atoms with Gasteiger partial charge in [0.1, 0.15) is 0 Å². The molecule has 1 aromatic heterocycles. The molecule has 0 saturated carbocycles. The van der Waals surface area contributed by atoms with Crippen LogP contribution in [-0.4, -0.2) is 22.3 Å². The van der Waals surface area contributed by atoms with Crippen LogP contribution in [0.1, 0.15) is 28.8 Å². The molecule has 0 bridgehead atoms. The van der Waals surface area contributed by atoms with Crippen LogP contribution in [0.25, 0.3) is 0 Å². The van der Waals surface area contributed by atoms with Gasteiger partial charge in [0.15, 0.2) is 0 Å². The number of hydrogen-bond donors (Lipinski definition) is 0. The Kier molecular flexibility index (Phi) is 3.28. The standard InChI is InChI=1S/C21H20N2O/c1-3-8-16(9-4-1)14-23-21-18(15-24-23)19-12-7-13-22(19)20(21)17-10-5-2-6-11-17/h1-13,18,20-21H,14-15H2/t18-,20+,21-/m1/s1. The Morgan fingerprint density at radius 2 is 1.62 bits per heavy atom. The van der Waals surface area contributed by atoms with Gasteiger partial charge in [-0.2, -0.15) is 5.06 Å². The topological polar surface area (TPSA) is 17.4 Å². The highest BCUT2D eigenvalue weighted by atomic mass is 16.7. The van der Waals surface area contributed by atoms with Crippen molar-refractivity contribution >= 4 is 0 Å². The molecule has 3 heteroatoms. The predicted octanol–water partition coefficient (Wildman–Crippen LogP) is 3.99. The van der Waals surface area contributed by atoms with Crippen molar-refractivity contribution in [1.29, 1.82) is 0 Å². The molecule has 2 aromatic carbocycles. The molecule has 0 amide bonds. The van der Waals surface area contributed by atoms with Gasteiger partial charge in [0, 0.05) is 24.4 Å². The third-order valence-corrected chi connectivity index (χ3v) is 5.30. The maximum absolute atomic E-state index is 6.12. The lowest BCUT2D eigenvalue weighted by Crippen LogP contribution is -2.34. The summed E-state index contributed by atoms with van der Waals surface area (Å²) in [5, 5.41) is 2.20. The summed E-state index contributed by atoms with van der Waals surface area (Å²) in [6, 6.07) is 26.5. The van der Waals surface area contributed by atoms with Crippen LogP contribution >= 0.6 is 0 Å². The third-order valence-electron chi connectivity index (χ3n) is 5.30. The van der Waals surface area contributed by atoms with Crippen LogP contribution in [0.5, 0.6) is 0 Å². The normalized spacial score (nSPS) is 25.6. The molecule has 0 unspecified atom stereocenters.